The minimum absolute atomic E-state index is 0.155. The fraction of sp³-hybridized carbons (Fsp3) is 0.556. The zero-order valence-corrected chi connectivity index (χ0v) is 11.0. The predicted molar refractivity (Wildman–Crippen MR) is 67.5 cm³/mol. The first kappa shape index (κ1) is 13.0. The van der Waals surface area contributed by atoms with E-state index >= 15 is 0 Å². The van der Waals surface area contributed by atoms with E-state index in [4.69, 9.17) is 18.0 Å². The van der Waals surface area contributed by atoms with Gasteiger partial charge in [-0.1, -0.05) is 30.6 Å². The molecule has 5 nitrogen and oxygen atoms in total. The molecule has 1 atom stereocenters. The summed E-state index contributed by atoms with van der Waals surface area (Å²) in [5, 5.41) is 6.56. The Balaban J connectivity index is 2.77. The van der Waals surface area contributed by atoms with E-state index in [1.54, 1.807) is 6.92 Å². The summed E-state index contributed by atoms with van der Waals surface area (Å²) in [4.78, 5) is 12.6. The largest absolute Gasteiger partial charge is 0.392 e. The molecule has 0 aliphatic rings. The van der Waals surface area contributed by atoms with Crippen molar-refractivity contribution < 1.29 is 4.79 Å². The number of nitrogens with one attached hydrogen (secondary N) is 1. The van der Waals surface area contributed by atoms with Crippen LogP contribution in [0, 0.1) is 12.8 Å². The highest BCUT2D eigenvalue weighted by Crippen LogP contribution is 2.10. The van der Waals surface area contributed by atoms with E-state index in [1.165, 1.54) is 0 Å². The van der Waals surface area contributed by atoms with E-state index in [0.717, 1.165) is 11.5 Å². The van der Waals surface area contributed by atoms with E-state index in [9.17, 15) is 4.79 Å². The van der Waals surface area contributed by atoms with Gasteiger partial charge in [-0.15, -0.1) is 5.10 Å². The van der Waals surface area contributed by atoms with Gasteiger partial charge in [-0.25, -0.2) is 0 Å². The van der Waals surface area contributed by atoms with Gasteiger partial charge < -0.3 is 11.1 Å². The first-order valence-corrected chi connectivity index (χ1v) is 6.00. The number of carbonyl (C=O) groups excluding carboxylic acids is 1. The van der Waals surface area contributed by atoms with Crippen molar-refractivity contribution in [2.45, 2.75) is 26.8 Å². The Morgan fingerprint density at radius 2 is 2.19 bits per heavy atom. The molecule has 0 aliphatic heterocycles. The van der Waals surface area contributed by atoms with Crippen LogP contribution in [0.15, 0.2) is 0 Å². The minimum Gasteiger partial charge on any atom is -0.392 e. The van der Waals surface area contributed by atoms with Gasteiger partial charge in [0.1, 0.15) is 4.88 Å². The van der Waals surface area contributed by atoms with Crippen LogP contribution in [-0.2, 0) is 0 Å². The maximum atomic E-state index is 11.9. The molecule has 7 heteroatoms. The van der Waals surface area contributed by atoms with E-state index in [0.29, 0.717) is 15.6 Å². The van der Waals surface area contributed by atoms with Crippen LogP contribution in [0.25, 0.3) is 0 Å². The third kappa shape index (κ3) is 2.96. The lowest BCUT2D eigenvalue weighted by Crippen LogP contribution is -2.46. The zero-order chi connectivity index (χ0) is 12.3. The van der Waals surface area contributed by atoms with Crippen LogP contribution in [0.5, 0.6) is 0 Å². The van der Waals surface area contributed by atoms with Crippen LogP contribution in [0.1, 0.15) is 29.2 Å². The SMILES string of the molecule is Cc1nnsc1C(=O)NC(C(N)=S)C(C)C. The first-order valence-electron chi connectivity index (χ1n) is 4.82. The van der Waals surface area contributed by atoms with Gasteiger partial charge in [-0.05, 0) is 24.4 Å². The van der Waals surface area contributed by atoms with Gasteiger partial charge in [0.25, 0.3) is 5.91 Å². The molecule has 1 rings (SSSR count). The van der Waals surface area contributed by atoms with Gasteiger partial charge in [0.05, 0.1) is 16.7 Å². The standard InChI is InChI=1S/C9H14N4OS2/c1-4(2)6(8(10)15)11-9(14)7-5(3)12-13-16-7/h4,6H,1-3H3,(H2,10,15)(H,11,14). The van der Waals surface area contributed by atoms with Crippen molar-refractivity contribution >= 4 is 34.6 Å². The maximum absolute atomic E-state index is 11.9. The summed E-state index contributed by atoms with van der Waals surface area (Å²) in [6.07, 6.45) is 0. The molecule has 0 radical (unpaired) electrons. The normalized spacial score (nSPS) is 12.5. The average molecular weight is 258 g/mol. The Labute approximate surface area is 104 Å². The fourth-order valence-electron chi connectivity index (χ4n) is 1.21. The summed E-state index contributed by atoms with van der Waals surface area (Å²) < 4.78 is 3.71. The Morgan fingerprint density at radius 1 is 1.56 bits per heavy atom. The number of amides is 1. The van der Waals surface area contributed by atoms with Crippen LogP contribution in [0.4, 0.5) is 0 Å². The van der Waals surface area contributed by atoms with Crippen molar-refractivity contribution in [1.82, 2.24) is 14.9 Å². The monoisotopic (exact) mass is 258 g/mol. The average Bonchev–Trinajstić information content (AvgIpc) is 2.59. The molecule has 1 amide bonds. The van der Waals surface area contributed by atoms with Crippen LogP contribution in [0.3, 0.4) is 0 Å². The summed E-state index contributed by atoms with van der Waals surface area (Å²) in [6.45, 7) is 5.63. The van der Waals surface area contributed by atoms with Gasteiger partial charge >= 0.3 is 0 Å². The topological polar surface area (TPSA) is 80.9 Å². The van der Waals surface area contributed by atoms with Crippen molar-refractivity contribution in [3.63, 3.8) is 0 Å². The second kappa shape index (κ2) is 5.31. The Morgan fingerprint density at radius 3 is 2.56 bits per heavy atom. The van der Waals surface area contributed by atoms with Crippen LogP contribution in [0.2, 0.25) is 0 Å². The second-order valence-corrected chi connectivity index (χ2v) is 5.01. The highest BCUT2D eigenvalue weighted by atomic mass is 32.1. The van der Waals surface area contributed by atoms with Gasteiger partial charge in [0.15, 0.2) is 0 Å². The maximum Gasteiger partial charge on any atom is 0.265 e. The highest BCUT2D eigenvalue weighted by molar-refractivity contribution is 7.80. The smallest absolute Gasteiger partial charge is 0.265 e. The summed E-state index contributed by atoms with van der Waals surface area (Å²) in [6, 6.07) is -0.302. The molecule has 0 fully saturated rings. The lowest BCUT2D eigenvalue weighted by molar-refractivity contribution is 0.0943. The number of aryl methyl sites for hydroxylation is 1. The van der Waals surface area contributed by atoms with Crippen molar-refractivity contribution in [2.75, 3.05) is 0 Å². The van der Waals surface area contributed by atoms with Crippen LogP contribution >= 0.6 is 23.8 Å². The van der Waals surface area contributed by atoms with E-state index in [-0.39, 0.29) is 17.9 Å². The molecule has 88 valence electrons. The van der Waals surface area contributed by atoms with E-state index < -0.39 is 0 Å². The number of hydrogen-bond donors (Lipinski definition) is 2. The molecule has 0 aromatic carbocycles. The summed E-state index contributed by atoms with van der Waals surface area (Å²) in [7, 11) is 0. The fourth-order valence-corrected chi connectivity index (χ4v) is 2.10. The summed E-state index contributed by atoms with van der Waals surface area (Å²) >= 11 is 5.97. The van der Waals surface area contributed by atoms with Gasteiger partial charge in [0.2, 0.25) is 0 Å². The number of nitrogens with zero attached hydrogens (tertiary/aromatic N) is 2. The lowest BCUT2D eigenvalue weighted by Gasteiger charge is -2.20. The number of nitrogens with two attached hydrogens (primary N) is 1. The lowest BCUT2D eigenvalue weighted by atomic mass is 10.0. The summed E-state index contributed by atoms with van der Waals surface area (Å²) in [5.74, 6) is -0.0679. The van der Waals surface area contributed by atoms with Gasteiger partial charge in [-0.3, -0.25) is 4.79 Å². The molecule has 0 saturated carbocycles. The molecule has 16 heavy (non-hydrogen) atoms. The Hall–Kier alpha value is -1.08. The minimum atomic E-state index is -0.302. The molecular formula is C9H14N4OS2. The molecule has 1 unspecified atom stereocenters. The molecule has 0 saturated heterocycles. The number of aromatic nitrogens is 2. The Bertz CT molecular complexity index is 402. The molecule has 0 aliphatic carbocycles. The third-order valence-electron chi connectivity index (χ3n) is 2.12. The van der Waals surface area contributed by atoms with Gasteiger partial charge in [0, 0.05) is 0 Å². The Kier molecular flexibility index (Phi) is 4.31. The summed E-state index contributed by atoms with van der Waals surface area (Å²) in [5.41, 5.74) is 6.18. The van der Waals surface area contributed by atoms with Gasteiger partial charge in [-0.2, -0.15) is 0 Å². The molecule has 1 aromatic heterocycles. The molecule has 0 spiro atoms. The van der Waals surface area contributed by atoms with E-state index in [2.05, 4.69) is 14.9 Å². The number of carbonyl (C=O) groups is 1. The number of rotatable bonds is 4. The van der Waals surface area contributed by atoms with E-state index in [1.807, 2.05) is 13.8 Å². The molecule has 1 aromatic rings. The molecule has 3 N–H and O–H groups in total. The number of thiocarbonyl (C=S) groups is 1. The highest BCUT2D eigenvalue weighted by Gasteiger charge is 2.21. The molecule has 0 bridgehead atoms. The molecule has 1 heterocycles. The third-order valence-corrected chi connectivity index (χ3v) is 3.20. The van der Waals surface area contributed by atoms with Crippen molar-refractivity contribution in [1.29, 1.82) is 0 Å². The number of hydrogen-bond acceptors (Lipinski definition) is 5. The van der Waals surface area contributed by atoms with Crippen molar-refractivity contribution in [3.8, 4) is 0 Å². The van der Waals surface area contributed by atoms with Crippen molar-refractivity contribution in [2.24, 2.45) is 11.7 Å². The van der Waals surface area contributed by atoms with Crippen LogP contribution in [-0.4, -0.2) is 26.5 Å². The van der Waals surface area contributed by atoms with Crippen LogP contribution < -0.4 is 11.1 Å². The second-order valence-electron chi connectivity index (χ2n) is 3.78. The van der Waals surface area contributed by atoms with Crippen molar-refractivity contribution in [3.05, 3.63) is 10.6 Å². The first-order chi connectivity index (χ1) is 7.43. The predicted octanol–water partition coefficient (Wildman–Crippen LogP) is 0.887. The quantitative estimate of drug-likeness (QED) is 0.784. The zero-order valence-electron chi connectivity index (χ0n) is 9.35. The molecular weight excluding hydrogens is 244 g/mol.